The van der Waals surface area contributed by atoms with Gasteiger partial charge >= 0.3 is 0 Å². The monoisotopic (exact) mass is 366 g/mol. The average molecular weight is 367 g/mol. The molecule has 5 heteroatoms. The first-order valence-electron chi connectivity index (χ1n) is 10.2. The molecular weight excluding hydrogens is 336 g/mol. The van der Waals surface area contributed by atoms with Crippen LogP contribution in [-0.4, -0.2) is 66.0 Å². The third-order valence-corrected chi connectivity index (χ3v) is 5.76. The Bertz CT molecular complexity index is 776. The van der Waals surface area contributed by atoms with E-state index in [1.54, 1.807) is 7.11 Å². The number of hydrogen-bond acceptors (Lipinski definition) is 4. The van der Waals surface area contributed by atoms with Crippen molar-refractivity contribution in [1.82, 2.24) is 19.6 Å². The van der Waals surface area contributed by atoms with Crippen molar-refractivity contribution in [2.24, 2.45) is 0 Å². The summed E-state index contributed by atoms with van der Waals surface area (Å²) in [6, 6.07) is 8.00. The highest BCUT2D eigenvalue weighted by atomic mass is 16.5. The van der Waals surface area contributed by atoms with Crippen LogP contribution in [0.25, 0.3) is 11.3 Å². The molecule has 0 radical (unpaired) electrons. The number of likely N-dealkylation sites (tertiary alicyclic amines) is 1. The zero-order valence-corrected chi connectivity index (χ0v) is 16.3. The molecule has 0 spiro atoms. The van der Waals surface area contributed by atoms with Crippen LogP contribution >= 0.6 is 0 Å². The van der Waals surface area contributed by atoms with E-state index in [0.29, 0.717) is 0 Å². The molecule has 0 saturated carbocycles. The number of piperidine rings is 1. The summed E-state index contributed by atoms with van der Waals surface area (Å²) in [6.07, 6.45) is 11.7. The number of ether oxygens (including phenoxy) is 1. The highest BCUT2D eigenvalue weighted by Gasteiger charge is 2.17. The summed E-state index contributed by atoms with van der Waals surface area (Å²) in [4.78, 5) is 5.20. The maximum atomic E-state index is 5.46. The van der Waals surface area contributed by atoms with Gasteiger partial charge in [-0.25, -0.2) is 4.68 Å². The molecule has 2 aromatic rings. The van der Waals surface area contributed by atoms with Crippen molar-refractivity contribution in [1.29, 1.82) is 0 Å². The van der Waals surface area contributed by atoms with Crippen LogP contribution < -0.4 is 4.74 Å². The summed E-state index contributed by atoms with van der Waals surface area (Å²) in [5, 5.41) is 4.56. The minimum absolute atomic E-state index is 0.841. The summed E-state index contributed by atoms with van der Waals surface area (Å²) in [5.74, 6) is 0.841. The molecule has 1 saturated heterocycles. The van der Waals surface area contributed by atoms with Gasteiger partial charge in [-0.2, -0.15) is 5.10 Å². The Morgan fingerprint density at radius 2 is 1.81 bits per heavy atom. The maximum absolute atomic E-state index is 5.46. The quantitative estimate of drug-likeness (QED) is 0.784. The number of para-hydroxylation sites is 2. The summed E-state index contributed by atoms with van der Waals surface area (Å²) in [5.41, 5.74) is 3.60. The standard InChI is InChI=1S/C22H30N4O/c1-27-22-8-4-3-7-21(22)26-18-20(17-23-26)19-9-13-25(14-10-19)16-15-24-11-5-2-6-12-24/h3-4,7-9,17-18H,2,5-6,10-16H2,1H3. The Morgan fingerprint density at radius 1 is 1.00 bits per heavy atom. The van der Waals surface area contributed by atoms with Crippen LogP contribution in [0.2, 0.25) is 0 Å². The smallest absolute Gasteiger partial charge is 0.144 e. The lowest BCUT2D eigenvalue weighted by Crippen LogP contribution is -2.39. The van der Waals surface area contributed by atoms with E-state index in [1.807, 2.05) is 35.1 Å². The average Bonchev–Trinajstić information content (AvgIpc) is 3.23. The zero-order chi connectivity index (χ0) is 18.5. The van der Waals surface area contributed by atoms with Crippen LogP contribution in [0.5, 0.6) is 5.75 Å². The van der Waals surface area contributed by atoms with Gasteiger partial charge in [-0.1, -0.05) is 24.6 Å². The Morgan fingerprint density at radius 3 is 2.59 bits per heavy atom. The largest absolute Gasteiger partial charge is 0.494 e. The lowest BCUT2D eigenvalue weighted by Gasteiger charge is -2.31. The fraction of sp³-hybridized carbons (Fsp3) is 0.500. The number of methoxy groups -OCH3 is 1. The number of hydrogen-bond donors (Lipinski definition) is 0. The molecule has 2 aliphatic heterocycles. The molecule has 0 bridgehead atoms. The molecule has 0 unspecified atom stereocenters. The minimum atomic E-state index is 0.841. The van der Waals surface area contributed by atoms with E-state index in [4.69, 9.17) is 4.74 Å². The molecule has 2 aliphatic rings. The molecule has 0 aliphatic carbocycles. The summed E-state index contributed by atoms with van der Waals surface area (Å²) >= 11 is 0. The highest BCUT2D eigenvalue weighted by Crippen LogP contribution is 2.26. The van der Waals surface area contributed by atoms with E-state index in [1.165, 1.54) is 56.6 Å². The van der Waals surface area contributed by atoms with Gasteiger partial charge in [0.1, 0.15) is 11.4 Å². The van der Waals surface area contributed by atoms with E-state index >= 15 is 0 Å². The van der Waals surface area contributed by atoms with Gasteiger partial charge in [-0.15, -0.1) is 0 Å². The lowest BCUT2D eigenvalue weighted by molar-refractivity contribution is 0.188. The predicted octanol–water partition coefficient (Wildman–Crippen LogP) is 3.46. The molecular formula is C22H30N4O. The van der Waals surface area contributed by atoms with Gasteiger partial charge in [-0.05, 0) is 50.1 Å². The van der Waals surface area contributed by atoms with Gasteiger partial charge < -0.3 is 9.64 Å². The Balaban J connectivity index is 1.36. The molecule has 1 aromatic heterocycles. The van der Waals surface area contributed by atoms with Crippen LogP contribution in [0, 0.1) is 0 Å². The van der Waals surface area contributed by atoms with E-state index < -0.39 is 0 Å². The van der Waals surface area contributed by atoms with E-state index in [2.05, 4.69) is 27.2 Å². The zero-order valence-electron chi connectivity index (χ0n) is 16.3. The molecule has 5 nitrogen and oxygen atoms in total. The van der Waals surface area contributed by atoms with Gasteiger partial charge in [0.25, 0.3) is 0 Å². The number of benzene rings is 1. The molecule has 0 atom stereocenters. The van der Waals surface area contributed by atoms with Gasteiger partial charge in [-0.3, -0.25) is 4.90 Å². The lowest BCUT2D eigenvalue weighted by atomic mass is 10.0. The normalized spacial score (nSPS) is 19.1. The summed E-state index contributed by atoms with van der Waals surface area (Å²) in [6.45, 7) is 7.16. The fourth-order valence-corrected chi connectivity index (χ4v) is 4.08. The SMILES string of the molecule is COc1ccccc1-n1cc(C2=CCN(CCN3CCCCC3)CC2)cn1. The van der Waals surface area contributed by atoms with Gasteiger partial charge in [0.05, 0.1) is 13.3 Å². The third kappa shape index (κ3) is 4.42. The van der Waals surface area contributed by atoms with Crippen molar-refractivity contribution in [3.8, 4) is 11.4 Å². The Kier molecular flexibility index (Phi) is 5.90. The van der Waals surface area contributed by atoms with Gasteiger partial charge in [0.15, 0.2) is 0 Å². The first-order chi connectivity index (χ1) is 13.3. The number of nitrogens with zero attached hydrogens (tertiary/aromatic N) is 4. The minimum Gasteiger partial charge on any atom is -0.494 e. The van der Waals surface area contributed by atoms with Crippen molar-refractivity contribution >= 4 is 5.57 Å². The van der Waals surface area contributed by atoms with Crippen molar-refractivity contribution in [2.75, 3.05) is 46.4 Å². The molecule has 144 valence electrons. The number of aromatic nitrogens is 2. The summed E-state index contributed by atoms with van der Waals surface area (Å²) < 4.78 is 7.37. The molecule has 3 heterocycles. The molecule has 4 rings (SSSR count). The van der Waals surface area contributed by atoms with Crippen LogP contribution in [0.1, 0.15) is 31.2 Å². The molecule has 27 heavy (non-hydrogen) atoms. The Hall–Kier alpha value is -2.11. The van der Waals surface area contributed by atoms with Crippen LogP contribution in [0.3, 0.4) is 0 Å². The Labute approximate surface area is 162 Å². The molecule has 1 fully saturated rings. The van der Waals surface area contributed by atoms with Crippen molar-refractivity contribution < 1.29 is 4.74 Å². The second kappa shape index (κ2) is 8.72. The molecule has 0 N–H and O–H groups in total. The first-order valence-corrected chi connectivity index (χ1v) is 10.2. The van der Waals surface area contributed by atoms with Gasteiger partial charge in [0.2, 0.25) is 0 Å². The topological polar surface area (TPSA) is 33.5 Å². The molecule has 0 amide bonds. The van der Waals surface area contributed by atoms with Crippen molar-refractivity contribution in [3.05, 3.63) is 48.3 Å². The van der Waals surface area contributed by atoms with Gasteiger partial charge in [0, 0.05) is 37.9 Å². The van der Waals surface area contributed by atoms with Crippen LogP contribution in [-0.2, 0) is 0 Å². The predicted molar refractivity (Wildman–Crippen MR) is 109 cm³/mol. The summed E-state index contributed by atoms with van der Waals surface area (Å²) in [7, 11) is 1.70. The molecule has 1 aromatic carbocycles. The van der Waals surface area contributed by atoms with E-state index in [-0.39, 0.29) is 0 Å². The first kappa shape index (κ1) is 18.3. The van der Waals surface area contributed by atoms with E-state index in [9.17, 15) is 0 Å². The van der Waals surface area contributed by atoms with Crippen LogP contribution in [0.4, 0.5) is 0 Å². The third-order valence-electron chi connectivity index (χ3n) is 5.76. The number of rotatable bonds is 6. The van der Waals surface area contributed by atoms with Crippen LogP contribution in [0.15, 0.2) is 42.7 Å². The second-order valence-electron chi connectivity index (χ2n) is 7.53. The fourth-order valence-electron chi connectivity index (χ4n) is 4.08. The maximum Gasteiger partial charge on any atom is 0.144 e. The van der Waals surface area contributed by atoms with Crippen molar-refractivity contribution in [2.45, 2.75) is 25.7 Å². The van der Waals surface area contributed by atoms with Crippen molar-refractivity contribution in [3.63, 3.8) is 0 Å². The highest BCUT2D eigenvalue weighted by molar-refractivity contribution is 5.66. The second-order valence-corrected chi connectivity index (χ2v) is 7.53. The van der Waals surface area contributed by atoms with E-state index in [0.717, 1.165) is 30.9 Å².